The number of carboxylic acids is 1. The van der Waals surface area contributed by atoms with Crippen LogP contribution in [-0.2, 0) is 11.2 Å². The van der Waals surface area contributed by atoms with E-state index in [2.05, 4.69) is 24.4 Å². The van der Waals surface area contributed by atoms with Crippen molar-refractivity contribution in [3.05, 3.63) is 35.4 Å². The van der Waals surface area contributed by atoms with Crippen LogP contribution in [0.1, 0.15) is 43.9 Å². The maximum Gasteiger partial charge on any atom is 0.317 e. The number of urea groups is 1. The first-order valence-corrected chi connectivity index (χ1v) is 8.27. The number of fused-ring (bicyclic) bond motifs is 1. The molecule has 1 heterocycles. The van der Waals surface area contributed by atoms with Crippen molar-refractivity contribution in [3.8, 4) is 0 Å². The molecular weight excluding hydrogens is 292 g/mol. The van der Waals surface area contributed by atoms with Crippen LogP contribution in [0.25, 0.3) is 0 Å². The van der Waals surface area contributed by atoms with E-state index in [0.717, 1.165) is 12.8 Å². The summed E-state index contributed by atoms with van der Waals surface area (Å²) in [5, 5.41) is 12.4. The van der Waals surface area contributed by atoms with Crippen molar-refractivity contribution < 1.29 is 14.7 Å². The van der Waals surface area contributed by atoms with E-state index in [1.165, 1.54) is 11.1 Å². The van der Waals surface area contributed by atoms with Gasteiger partial charge in [-0.3, -0.25) is 4.79 Å². The summed E-state index contributed by atoms with van der Waals surface area (Å²) in [6, 6.07) is 8.10. The van der Waals surface area contributed by atoms with Gasteiger partial charge in [0.1, 0.15) is 0 Å². The van der Waals surface area contributed by atoms with Gasteiger partial charge in [-0.25, -0.2) is 4.79 Å². The molecule has 0 spiro atoms. The molecule has 124 valence electrons. The zero-order valence-corrected chi connectivity index (χ0v) is 13.7. The lowest BCUT2D eigenvalue weighted by Crippen LogP contribution is -2.44. The first-order chi connectivity index (χ1) is 10.9. The van der Waals surface area contributed by atoms with Crippen LogP contribution in [0.4, 0.5) is 4.79 Å². The van der Waals surface area contributed by atoms with Crippen LogP contribution in [-0.4, -0.2) is 35.1 Å². The molecule has 3 unspecified atom stereocenters. The Labute approximate surface area is 136 Å². The molecule has 2 amide bonds. The molecule has 1 fully saturated rings. The van der Waals surface area contributed by atoms with Crippen LogP contribution in [0, 0.1) is 11.3 Å². The maximum atomic E-state index is 12.6. The summed E-state index contributed by atoms with van der Waals surface area (Å²) in [5.41, 5.74) is 1.67. The quantitative estimate of drug-likeness (QED) is 0.881. The highest BCUT2D eigenvalue weighted by Gasteiger charge is 2.42. The lowest BCUT2D eigenvalue weighted by Gasteiger charge is -2.33. The zero-order valence-electron chi connectivity index (χ0n) is 13.7. The average Bonchev–Trinajstić information content (AvgIpc) is 2.94. The lowest BCUT2D eigenvalue weighted by molar-refractivity contribution is -0.147. The fraction of sp³-hybridized carbons (Fsp3) is 0.556. The number of amides is 2. The van der Waals surface area contributed by atoms with E-state index in [9.17, 15) is 14.7 Å². The summed E-state index contributed by atoms with van der Waals surface area (Å²) < 4.78 is 0. The Morgan fingerprint density at radius 2 is 2.09 bits per heavy atom. The van der Waals surface area contributed by atoms with Gasteiger partial charge < -0.3 is 15.3 Å². The number of aliphatic carboxylic acids is 1. The van der Waals surface area contributed by atoms with Gasteiger partial charge in [-0.1, -0.05) is 31.2 Å². The summed E-state index contributed by atoms with van der Waals surface area (Å²) in [4.78, 5) is 25.6. The number of nitrogens with zero attached hydrogens (tertiary/aromatic N) is 1. The second kappa shape index (κ2) is 5.87. The molecule has 2 N–H and O–H groups in total. The molecule has 0 bridgehead atoms. The monoisotopic (exact) mass is 316 g/mol. The maximum absolute atomic E-state index is 12.6. The number of likely N-dealkylation sites (tertiary alicyclic amines) is 1. The molecule has 1 saturated heterocycles. The van der Waals surface area contributed by atoms with Crippen LogP contribution in [0.2, 0.25) is 0 Å². The lowest BCUT2D eigenvalue weighted by atomic mass is 9.81. The highest BCUT2D eigenvalue weighted by molar-refractivity contribution is 5.79. The average molecular weight is 316 g/mol. The molecule has 23 heavy (non-hydrogen) atoms. The van der Waals surface area contributed by atoms with Crippen molar-refractivity contribution in [1.82, 2.24) is 10.2 Å². The number of carbonyl (C=O) groups excluding carboxylic acids is 1. The van der Waals surface area contributed by atoms with E-state index in [1.807, 2.05) is 12.1 Å². The fourth-order valence-electron chi connectivity index (χ4n) is 3.67. The van der Waals surface area contributed by atoms with Gasteiger partial charge in [-0.2, -0.15) is 0 Å². The highest BCUT2D eigenvalue weighted by atomic mass is 16.4. The van der Waals surface area contributed by atoms with Crippen molar-refractivity contribution in [3.63, 3.8) is 0 Å². The normalized spacial score (nSPS) is 29.9. The third kappa shape index (κ3) is 2.92. The summed E-state index contributed by atoms with van der Waals surface area (Å²) >= 11 is 0. The number of nitrogens with one attached hydrogen (secondary N) is 1. The number of carboxylic acid groups (broad SMARTS) is 1. The Bertz CT molecular complexity index is 630. The van der Waals surface area contributed by atoms with Crippen molar-refractivity contribution in [2.24, 2.45) is 11.3 Å². The minimum absolute atomic E-state index is 0.00383. The summed E-state index contributed by atoms with van der Waals surface area (Å²) in [6.45, 7) is 4.64. The molecule has 1 aliphatic carbocycles. The van der Waals surface area contributed by atoms with Crippen LogP contribution < -0.4 is 5.32 Å². The van der Waals surface area contributed by atoms with E-state index in [1.54, 1.807) is 11.8 Å². The predicted octanol–water partition coefficient (Wildman–Crippen LogP) is 2.82. The largest absolute Gasteiger partial charge is 0.481 e. The molecule has 5 heteroatoms. The minimum Gasteiger partial charge on any atom is -0.481 e. The van der Waals surface area contributed by atoms with Gasteiger partial charge in [0.15, 0.2) is 0 Å². The third-order valence-corrected chi connectivity index (χ3v) is 5.38. The van der Waals surface area contributed by atoms with Crippen LogP contribution in [0.3, 0.4) is 0 Å². The number of benzene rings is 1. The van der Waals surface area contributed by atoms with Crippen molar-refractivity contribution >= 4 is 12.0 Å². The highest BCUT2D eigenvalue weighted by Crippen LogP contribution is 2.35. The molecule has 1 aromatic rings. The van der Waals surface area contributed by atoms with Gasteiger partial charge in [-0.05, 0) is 43.2 Å². The van der Waals surface area contributed by atoms with Gasteiger partial charge in [-0.15, -0.1) is 0 Å². The van der Waals surface area contributed by atoms with E-state index in [4.69, 9.17) is 0 Å². The second-order valence-electron chi connectivity index (χ2n) is 7.18. The zero-order chi connectivity index (χ0) is 16.6. The van der Waals surface area contributed by atoms with Crippen LogP contribution in [0.5, 0.6) is 0 Å². The summed E-state index contributed by atoms with van der Waals surface area (Å²) in [6.07, 6.45) is 2.60. The van der Waals surface area contributed by atoms with Crippen LogP contribution in [0.15, 0.2) is 24.3 Å². The number of hydrogen-bond acceptors (Lipinski definition) is 2. The van der Waals surface area contributed by atoms with Gasteiger partial charge >= 0.3 is 12.0 Å². The number of carbonyl (C=O) groups is 2. The number of rotatable bonds is 2. The number of aryl methyl sites for hydroxylation is 1. The Balaban J connectivity index is 1.72. The molecule has 0 saturated carbocycles. The molecular formula is C18H24N2O3. The van der Waals surface area contributed by atoms with Gasteiger partial charge in [0.2, 0.25) is 0 Å². The molecule has 3 atom stereocenters. The van der Waals surface area contributed by atoms with Gasteiger partial charge in [0.05, 0.1) is 11.5 Å². The van der Waals surface area contributed by atoms with Gasteiger partial charge in [0.25, 0.3) is 0 Å². The third-order valence-electron chi connectivity index (χ3n) is 5.38. The van der Waals surface area contributed by atoms with E-state index in [-0.39, 0.29) is 18.6 Å². The minimum atomic E-state index is -0.829. The summed E-state index contributed by atoms with van der Waals surface area (Å²) in [5.74, 6) is -0.452. The Morgan fingerprint density at radius 3 is 2.78 bits per heavy atom. The van der Waals surface area contributed by atoms with Gasteiger partial charge in [0, 0.05) is 13.1 Å². The van der Waals surface area contributed by atoms with Crippen molar-refractivity contribution in [2.45, 2.75) is 39.2 Å². The fourth-order valence-corrected chi connectivity index (χ4v) is 3.67. The molecule has 1 aromatic carbocycles. The number of hydrogen-bond donors (Lipinski definition) is 2. The molecule has 0 radical (unpaired) electrons. The van der Waals surface area contributed by atoms with Crippen molar-refractivity contribution in [1.29, 1.82) is 0 Å². The molecule has 1 aliphatic heterocycles. The molecule has 5 nitrogen and oxygen atoms in total. The topological polar surface area (TPSA) is 69.6 Å². The second-order valence-corrected chi connectivity index (χ2v) is 7.18. The first kappa shape index (κ1) is 15.8. The standard InChI is InChI=1S/C18H24N2O3/c1-12-7-8-13-5-3-4-6-14(13)15(12)19-17(23)20-10-9-18(2,11-20)16(21)22/h3-6,12,15H,7-11H2,1-2H3,(H,19,23)(H,21,22). The Morgan fingerprint density at radius 1 is 1.35 bits per heavy atom. The SMILES string of the molecule is CC1CCc2ccccc2C1NC(=O)N1CCC(C)(C(=O)O)C1. The van der Waals surface area contributed by atoms with E-state index >= 15 is 0 Å². The smallest absolute Gasteiger partial charge is 0.317 e. The van der Waals surface area contributed by atoms with Crippen molar-refractivity contribution in [2.75, 3.05) is 13.1 Å². The van der Waals surface area contributed by atoms with E-state index in [0.29, 0.717) is 18.9 Å². The summed E-state index contributed by atoms with van der Waals surface area (Å²) in [7, 11) is 0. The predicted molar refractivity (Wildman–Crippen MR) is 87.1 cm³/mol. The molecule has 2 aliphatic rings. The Kier molecular flexibility index (Phi) is 4.04. The first-order valence-electron chi connectivity index (χ1n) is 8.27. The Hall–Kier alpha value is -2.04. The van der Waals surface area contributed by atoms with E-state index < -0.39 is 11.4 Å². The van der Waals surface area contributed by atoms with Crippen LogP contribution >= 0.6 is 0 Å². The molecule has 3 rings (SSSR count). The molecule has 0 aromatic heterocycles.